The van der Waals surface area contributed by atoms with Crippen LogP contribution in [0.1, 0.15) is 17.5 Å². The lowest BCUT2D eigenvalue weighted by Crippen LogP contribution is -2.42. The molecule has 182 valence electrons. The Morgan fingerprint density at radius 3 is 2.57 bits per heavy atom. The highest BCUT2D eigenvalue weighted by atomic mass is 32.2. The van der Waals surface area contributed by atoms with Gasteiger partial charge in [-0.15, -0.1) is 0 Å². The maximum absolute atomic E-state index is 13.3. The van der Waals surface area contributed by atoms with Gasteiger partial charge in [0.15, 0.2) is 9.84 Å². The van der Waals surface area contributed by atoms with Gasteiger partial charge in [-0.25, -0.2) is 17.6 Å². The number of aliphatic hydroxyl groups is 1. The van der Waals surface area contributed by atoms with Crippen molar-refractivity contribution in [2.75, 3.05) is 11.5 Å². The Hall–Kier alpha value is -3.50. The zero-order valence-corrected chi connectivity index (χ0v) is 19.5. The van der Waals surface area contributed by atoms with Crippen molar-refractivity contribution in [2.24, 2.45) is 0 Å². The minimum atomic E-state index is -3.39. The van der Waals surface area contributed by atoms with Crippen LogP contribution in [0, 0.1) is 12.7 Å². The number of carbonyl (C=O) groups excluding carboxylic acids is 1. The molecule has 0 radical (unpaired) electrons. The minimum absolute atomic E-state index is 0.0742. The van der Waals surface area contributed by atoms with Gasteiger partial charge in [0.1, 0.15) is 17.0 Å². The number of sulfone groups is 1. The van der Waals surface area contributed by atoms with E-state index < -0.39 is 33.5 Å². The van der Waals surface area contributed by atoms with E-state index in [9.17, 15) is 27.5 Å². The van der Waals surface area contributed by atoms with Gasteiger partial charge in [-0.3, -0.25) is 4.79 Å². The summed E-state index contributed by atoms with van der Waals surface area (Å²) in [6, 6.07) is 8.64. The van der Waals surface area contributed by atoms with Crippen LogP contribution in [-0.2, 0) is 21.1 Å². The number of halogens is 1. The van der Waals surface area contributed by atoms with E-state index in [0.29, 0.717) is 27.7 Å². The zero-order chi connectivity index (χ0) is 24.9. The molecule has 0 spiro atoms. The Morgan fingerprint density at radius 1 is 1.14 bits per heavy atom. The standard InChI is InChI=1S/C25H22FNO7S/c1-13-16(6-7-24(29)27-20-11-35(31,32)12-21(20)28)25(30)34-23-9-22-18(8-17(13)23)19(10-33-22)14-2-4-15(26)5-3-14/h2-5,8-10,20-21,28H,6-7,11-12H2,1H3,(H,27,29)/t20-,21+/m1/s1. The van der Waals surface area contributed by atoms with Crippen LogP contribution in [0.3, 0.4) is 0 Å². The van der Waals surface area contributed by atoms with Gasteiger partial charge < -0.3 is 19.3 Å². The topological polar surface area (TPSA) is 127 Å². The third-order valence-corrected chi connectivity index (χ3v) is 8.12. The van der Waals surface area contributed by atoms with Crippen molar-refractivity contribution < 1.29 is 31.5 Å². The largest absolute Gasteiger partial charge is 0.464 e. The van der Waals surface area contributed by atoms with Gasteiger partial charge in [0.2, 0.25) is 5.91 Å². The van der Waals surface area contributed by atoms with Crippen molar-refractivity contribution in [2.45, 2.75) is 31.9 Å². The summed E-state index contributed by atoms with van der Waals surface area (Å²) < 4.78 is 47.8. The van der Waals surface area contributed by atoms with Crippen LogP contribution in [0.2, 0.25) is 0 Å². The number of carbonyl (C=O) groups is 1. The molecule has 0 saturated carbocycles. The predicted molar refractivity (Wildman–Crippen MR) is 127 cm³/mol. The molecule has 2 aromatic carbocycles. The van der Waals surface area contributed by atoms with E-state index in [1.807, 2.05) is 6.07 Å². The maximum Gasteiger partial charge on any atom is 0.339 e. The van der Waals surface area contributed by atoms with Crippen molar-refractivity contribution in [3.63, 3.8) is 0 Å². The number of benzene rings is 2. The highest BCUT2D eigenvalue weighted by Gasteiger charge is 2.37. The van der Waals surface area contributed by atoms with Crippen molar-refractivity contribution in [3.8, 4) is 11.1 Å². The maximum atomic E-state index is 13.3. The number of amides is 1. The Labute approximate surface area is 199 Å². The number of fused-ring (bicyclic) bond motifs is 2. The molecule has 1 aliphatic heterocycles. The molecule has 0 bridgehead atoms. The van der Waals surface area contributed by atoms with Crippen LogP contribution in [0.4, 0.5) is 4.39 Å². The molecule has 10 heteroatoms. The molecule has 1 fully saturated rings. The van der Waals surface area contributed by atoms with Crippen molar-refractivity contribution in [1.29, 1.82) is 0 Å². The highest BCUT2D eigenvalue weighted by Crippen LogP contribution is 2.34. The minimum Gasteiger partial charge on any atom is -0.464 e. The van der Waals surface area contributed by atoms with E-state index in [2.05, 4.69) is 5.32 Å². The average Bonchev–Trinajstić information content (AvgIpc) is 3.31. The lowest BCUT2D eigenvalue weighted by atomic mass is 9.99. The first kappa shape index (κ1) is 23.3. The molecule has 0 aliphatic carbocycles. The first-order valence-corrected chi connectivity index (χ1v) is 12.8. The number of nitrogens with one attached hydrogen (secondary N) is 1. The third kappa shape index (κ3) is 4.46. The fourth-order valence-electron chi connectivity index (χ4n) is 4.54. The van der Waals surface area contributed by atoms with E-state index in [1.165, 1.54) is 12.1 Å². The fraction of sp³-hybridized carbons (Fsp3) is 0.280. The number of rotatable bonds is 5. The highest BCUT2D eigenvalue weighted by molar-refractivity contribution is 7.91. The summed E-state index contributed by atoms with van der Waals surface area (Å²) in [6.07, 6.45) is 0.422. The molecule has 3 heterocycles. The second kappa shape index (κ2) is 8.62. The number of hydrogen-bond acceptors (Lipinski definition) is 7. The lowest BCUT2D eigenvalue weighted by molar-refractivity contribution is -0.122. The smallest absolute Gasteiger partial charge is 0.339 e. The zero-order valence-electron chi connectivity index (χ0n) is 18.7. The van der Waals surface area contributed by atoms with E-state index in [1.54, 1.807) is 31.4 Å². The van der Waals surface area contributed by atoms with Crippen molar-refractivity contribution >= 4 is 37.7 Å². The normalized spacial score (nSPS) is 19.4. The molecule has 1 amide bonds. The number of furan rings is 1. The van der Waals surface area contributed by atoms with Gasteiger partial charge in [-0.1, -0.05) is 12.1 Å². The Bertz CT molecular complexity index is 1620. The van der Waals surface area contributed by atoms with Gasteiger partial charge in [-0.05, 0) is 42.7 Å². The van der Waals surface area contributed by atoms with Gasteiger partial charge >= 0.3 is 5.63 Å². The first-order chi connectivity index (χ1) is 16.6. The van der Waals surface area contributed by atoms with Gasteiger partial charge in [-0.2, -0.15) is 0 Å². The summed E-state index contributed by atoms with van der Waals surface area (Å²) in [4.78, 5) is 25.1. The molecule has 8 nitrogen and oxygen atoms in total. The summed E-state index contributed by atoms with van der Waals surface area (Å²) in [5.74, 6) is -1.50. The van der Waals surface area contributed by atoms with Gasteiger partial charge in [0.05, 0.1) is 29.9 Å². The molecular formula is C25H22FNO7S. The van der Waals surface area contributed by atoms with Crippen LogP contribution < -0.4 is 10.9 Å². The van der Waals surface area contributed by atoms with E-state index in [4.69, 9.17) is 8.83 Å². The molecule has 2 aromatic heterocycles. The second-order valence-electron chi connectivity index (χ2n) is 8.81. The lowest BCUT2D eigenvalue weighted by Gasteiger charge is -2.15. The van der Waals surface area contributed by atoms with Crippen LogP contribution in [-0.4, -0.2) is 43.1 Å². The summed E-state index contributed by atoms with van der Waals surface area (Å²) in [5, 5.41) is 13.8. The number of aryl methyl sites for hydroxylation is 1. The molecule has 0 unspecified atom stereocenters. The number of hydrogen-bond donors (Lipinski definition) is 2. The van der Waals surface area contributed by atoms with Crippen LogP contribution >= 0.6 is 0 Å². The summed E-state index contributed by atoms with van der Waals surface area (Å²) in [7, 11) is -3.39. The van der Waals surface area contributed by atoms with Gasteiger partial charge in [0.25, 0.3) is 0 Å². The summed E-state index contributed by atoms with van der Waals surface area (Å²) >= 11 is 0. The quantitative estimate of drug-likeness (QED) is 0.404. The van der Waals surface area contributed by atoms with Gasteiger partial charge in [0, 0.05) is 34.4 Å². The molecule has 1 aliphatic rings. The van der Waals surface area contributed by atoms with E-state index >= 15 is 0 Å². The third-order valence-electron chi connectivity index (χ3n) is 6.41. The Balaban J connectivity index is 1.43. The fourth-order valence-corrected chi connectivity index (χ4v) is 6.28. The van der Waals surface area contributed by atoms with E-state index in [-0.39, 0.29) is 30.2 Å². The first-order valence-electron chi connectivity index (χ1n) is 11.0. The molecule has 1 saturated heterocycles. The molecule has 5 rings (SSSR count). The SMILES string of the molecule is Cc1c(CCC(=O)N[C@@H]2CS(=O)(=O)C[C@@H]2O)c(=O)oc2cc3occ(-c4ccc(F)cc4)c3cc12. The Morgan fingerprint density at radius 2 is 1.89 bits per heavy atom. The average molecular weight is 500 g/mol. The molecule has 2 atom stereocenters. The molecular weight excluding hydrogens is 477 g/mol. The second-order valence-corrected chi connectivity index (χ2v) is 11.0. The predicted octanol–water partition coefficient (Wildman–Crippen LogP) is 2.86. The summed E-state index contributed by atoms with van der Waals surface area (Å²) in [6.45, 7) is 1.77. The van der Waals surface area contributed by atoms with Crippen LogP contribution in [0.25, 0.3) is 33.1 Å². The van der Waals surface area contributed by atoms with Crippen LogP contribution in [0.15, 0.2) is 56.3 Å². The van der Waals surface area contributed by atoms with Crippen molar-refractivity contribution in [1.82, 2.24) is 5.32 Å². The molecule has 2 N–H and O–H groups in total. The van der Waals surface area contributed by atoms with E-state index in [0.717, 1.165) is 16.5 Å². The Kier molecular flexibility index (Phi) is 5.72. The van der Waals surface area contributed by atoms with Crippen molar-refractivity contribution in [3.05, 3.63) is 70.0 Å². The monoisotopic (exact) mass is 499 g/mol. The molecule has 4 aromatic rings. The number of aliphatic hydroxyl groups excluding tert-OH is 1. The summed E-state index contributed by atoms with van der Waals surface area (Å²) in [5.41, 5.74) is 2.80. The van der Waals surface area contributed by atoms with Crippen LogP contribution in [0.5, 0.6) is 0 Å². The molecule has 35 heavy (non-hydrogen) atoms.